The molecule has 1 nitrogen and oxygen atoms in total. The van der Waals surface area contributed by atoms with Crippen molar-refractivity contribution >= 4 is 21.6 Å². The predicted octanol–water partition coefficient (Wildman–Crippen LogP) is 7.88. The zero-order valence-electron chi connectivity index (χ0n) is 16.4. The van der Waals surface area contributed by atoms with E-state index < -0.39 is 0 Å². The fraction of sp³-hybridized carbons (Fsp3) is 0.240. The molecule has 2 heteroatoms. The molecule has 0 aliphatic heterocycles. The van der Waals surface area contributed by atoms with E-state index >= 15 is 0 Å². The molecule has 0 saturated heterocycles. The van der Waals surface area contributed by atoms with Gasteiger partial charge in [-0.25, -0.2) is 4.98 Å². The zero-order chi connectivity index (χ0) is 19.0. The number of hydrogen-bond donors (Lipinski definition) is 0. The first-order chi connectivity index (χ1) is 13.0. The average Bonchev–Trinajstić information content (AvgIpc) is 3.11. The Balaban J connectivity index is 1.88. The topological polar surface area (TPSA) is 12.9 Å². The van der Waals surface area contributed by atoms with E-state index in [2.05, 4.69) is 88.4 Å². The number of pyridine rings is 1. The molecule has 0 N–H and O–H groups in total. The number of hydrogen-bond acceptors (Lipinski definition) is 2. The molecule has 0 fully saturated rings. The highest BCUT2D eigenvalue weighted by Gasteiger charge is 2.18. The molecule has 0 radical (unpaired) electrons. The minimum Gasteiger partial charge on any atom is -0.237 e. The lowest BCUT2D eigenvalue weighted by Gasteiger charge is -2.18. The van der Waals surface area contributed by atoms with E-state index in [0.717, 1.165) is 10.5 Å². The zero-order valence-corrected chi connectivity index (χ0v) is 17.2. The molecule has 0 spiro atoms. The number of nitrogens with zero attached hydrogens (tertiary/aromatic N) is 1. The fourth-order valence-electron chi connectivity index (χ4n) is 3.65. The van der Waals surface area contributed by atoms with Gasteiger partial charge in [-0.05, 0) is 46.7 Å². The molecule has 4 rings (SSSR count). The van der Waals surface area contributed by atoms with Gasteiger partial charge >= 0.3 is 0 Å². The van der Waals surface area contributed by atoms with Gasteiger partial charge < -0.3 is 0 Å². The minimum atomic E-state index is 0.497. The summed E-state index contributed by atoms with van der Waals surface area (Å²) in [6.45, 7) is 9.12. The Kier molecular flexibility index (Phi) is 4.84. The molecule has 0 aliphatic carbocycles. The van der Waals surface area contributed by atoms with Crippen molar-refractivity contribution in [3.63, 3.8) is 0 Å². The normalized spacial score (nSPS) is 11.6. The number of thiophene rings is 1. The van der Waals surface area contributed by atoms with Crippen molar-refractivity contribution in [1.82, 2.24) is 4.98 Å². The monoisotopic (exact) mass is 371 g/mol. The molecule has 0 atom stereocenters. The summed E-state index contributed by atoms with van der Waals surface area (Å²) in [5.74, 6) is 0.994. The first kappa shape index (κ1) is 17.9. The first-order valence-electron chi connectivity index (χ1n) is 9.63. The smallest absolute Gasteiger partial charge is 0.124 e. The Morgan fingerprint density at radius 3 is 2.04 bits per heavy atom. The van der Waals surface area contributed by atoms with Gasteiger partial charge in [0.2, 0.25) is 0 Å². The van der Waals surface area contributed by atoms with Crippen LogP contribution in [0.4, 0.5) is 0 Å². The standard InChI is InChI=1S/C25H25NS/c1-16(2)20-11-8-12-21(17(3)4)24(20)23-15-19-13-14-22(26-25(19)27-23)18-9-6-5-7-10-18/h5-17H,1-4H3. The third kappa shape index (κ3) is 3.42. The van der Waals surface area contributed by atoms with Gasteiger partial charge in [0.1, 0.15) is 4.83 Å². The van der Waals surface area contributed by atoms with E-state index in [0.29, 0.717) is 11.8 Å². The van der Waals surface area contributed by atoms with E-state index in [4.69, 9.17) is 4.98 Å². The van der Waals surface area contributed by atoms with Crippen LogP contribution >= 0.6 is 11.3 Å². The number of benzene rings is 2. The highest BCUT2D eigenvalue weighted by atomic mass is 32.1. The van der Waals surface area contributed by atoms with Gasteiger partial charge in [0.05, 0.1) is 5.69 Å². The molecule has 0 aliphatic rings. The van der Waals surface area contributed by atoms with Crippen molar-refractivity contribution in [2.45, 2.75) is 39.5 Å². The largest absolute Gasteiger partial charge is 0.237 e. The molecule has 27 heavy (non-hydrogen) atoms. The molecule has 0 amide bonds. The van der Waals surface area contributed by atoms with Gasteiger partial charge in [0, 0.05) is 15.8 Å². The molecule has 4 aromatic rings. The van der Waals surface area contributed by atoms with Crippen LogP contribution in [-0.2, 0) is 0 Å². The van der Waals surface area contributed by atoms with Gasteiger partial charge in [-0.2, -0.15) is 0 Å². The minimum absolute atomic E-state index is 0.497. The fourth-order valence-corrected chi connectivity index (χ4v) is 4.77. The summed E-state index contributed by atoms with van der Waals surface area (Å²) in [6, 6.07) is 23.8. The summed E-state index contributed by atoms with van der Waals surface area (Å²) >= 11 is 1.81. The molecule has 0 bridgehead atoms. The van der Waals surface area contributed by atoms with E-state index in [1.165, 1.54) is 32.5 Å². The van der Waals surface area contributed by atoms with E-state index in [-0.39, 0.29) is 0 Å². The van der Waals surface area contributed by atoms with Crippen molar-refractivity contribution in [2.75, 3.05) is 0 Å². The molecule has 2 aromatic carbocycles. The predicted molar refractivity (Wildman–Crippen MR) is 119 cm³/mol. The van der Waals surface area contributed by atoms with Crippen LogP contribution in [0.1, 0.15) is 50.7 Å². The van der Waals surface area contributed by atoms with Gasteiger partial charge in [-0.15, -0.1) is 11.3 Å². The quantitative estimate of drug-likeness (QED) is 0.355. The van der Waals surface area contributed by atoms with Gasteiger partial charge in [0.15, 0.2) is 0 Å². The lowest BCUT2D eigenvalue weighted by atomic mass is 9.88. The second-order valence-corrected chi connectivity index (χ2v) is 8.72. The second kappa shape index (κ2) is 7.28. The molecule has 0 unspecified atom stereocenters. The summed E-state index contributed by atoms with van der Waals surface area (Å²) in [5.41, 5.74) is 6.47. The maximum absolute atomic E-state index is 4.96. The second-order valence-electron chi connectivity index (χ2n) is 7.69. The van der Waals surface area contributed by atoms with Crippen LogP contribution in [0.25, 0.3) is 31.9 Å². The molecular weight excluding hydrogens is 346 g/mol. The molecule has 0 saturated carbocycles. The Hall–Kier alpha value is -2.45. The highest BCUT2D eigenvalue weighted by Crippen LogP contribution is 2.41. The summed E-state index contributed by atoms with van der Waals surface area (Å²) < 4.78 is 0. The summed E-state index contributed by atoms with van der Waals surface area (Å²) in [7, 11) is 0. The third-order valence-corrected chi connectivity index (χ3v) is 6.13. The Labute approximate surface area is 165 Å². The average molecular weight is 372 g/mol. The SMILES string of the molecule is CC(C)c1cccc(C(C)C)c1-c1cc2ccc(-c3ccccc3)nc2s1. The highest BCUT2D eigenvalue weighted by molar-refractivity contribution is 7.21. The van der Waals surface area contributed by atoms with E-state index in [1.54, 1.807) is 0 Å². The van der Waals surface area contributed by atoms with Gasteiger partial charge in [-0.3, -0.25) is 0 Å². The molecule has 2 aromatic heterocycles. The molecule has 136 valence electrons. The number of aromatic nitrogens is 1. The van der Waals surface area contributed by atoms with Gasteiger partial charge in [0.25, 0.3) is 0 Å². The van der Waals surface area contributed by atoms with Crippen LogP contribution in [0, 0.1) is 0 Å². The number of fused-ring (bicyclic) bond motifs is 1. The van der Waals surface area contributed by atoms with Gasteiger partial charge in [-0.1, -0.05) is 76.2 Å². The van der Waals surface area contributed by atoms with Crippen molar-refractivity contribution in [3.8, 4) is 21.7 Å². The lowest BCUT2D eigenvalue weighted by Crippen LogP contribution is -1.98. The van der Waals surface area contributed by atoms with Crippen LogP contribution in [0.5, 0.6) is 0 Å². The molecular formula is C25H25NS. The maximum atomic E-state index is 4.96. The van der Waals surface area contributed by atoms with Crippen molar-refractivity contribution in [1.29, 1.82) is 0 Å². The van der Waals surface area contributed by atoms with Crippen molar-refractivity contribution in [3.05, 3.63) is 77.9 Å². The van der Waals surface area contributed by atoms with Crippen molar-refractivity contribution in [2.24, 2.45) is 0 Å². The van der Waals surface area contributed by atoms with Crippen LogP contribution < -0.4 is 0 Å². The summed E-state index contributed by atoms with van der Waals surface area (Å²) in [5, 5.41) is 1.22. The summed E-state index contributed by atoms with van der Waals surface area (Å²) in [4.78, 5) is 7.40. The number of rotatable bonds is 4. The Morgan fingerprint density at radius 2 is 1.41 bits per heavy atom. The Bertz CT molecular complexity index is 1050. The van der Waals surface area contributed by atoms with Crippen LogP contribution in [-0.4, -0.2) is 4.98 Å². The maximum Gasteiger partial charge on any atom is 0.124 e. The van der Waals surface area contributed by atoms with Crippen LogP contribution in [0.2, 0.25) is 0 Å². The van der Waals surface area contributed by atoms with Crippen LogP contribution in [0.15, 0.2) is 66.7 Å². The van der Waals surface area contributed by atoms with Crippen molar-refractivity contribution < 1.29 is 0 Å². The molecule has 2 heterocycles. The van der Waals surface area contributed by atoms with Crippen LogP contribution in [0.3, 0.4) is 0 Å². The first-order valence-corrected chi connectivity index (χ1v) is 10.5. The third-order valence-electron chi connectivity index (χ3n) is 5.07. The van der Waals surface area contributed by atoms with E-state index in [9.17, 15) is 0 Å². The van der Waals surface area contributed by atoms with E-state index in [1.807, 2.05) is 17.4 Å². The Morgan fingerprint density at radius 1 is 0.741 bits per heavy atom. The summed E-state index contributed by atoms with van der Waals surface area (Å²) in [6.07, 6.45) is 0. The lowest BCUT2D eigenvalue weighted by molar-refractivity contribution is 0.839.